The van der Waals surface area contributed by atoms with Crippen LogP contribution in [0.1, 0.15) is 37.5 Å². The number of rotatable bonds is 7. The van der Waals surface area contributed by atoms with E-state index in [0.29, 0.717) is 29.2 Å². The second-order valence-corrected chi connectivity index (χ2v) is 5.20. The number of hydrogen-bond donors (Lipinski definition) is 1. The van der Waals surface area contributed by atoms with Gasteiger partial charge in [-0.3, -0.25) is 4.79 Å². The molecule has 0 saturated heterocycles. The summed E-state index contributed by atoms with van der Waals surface area (Å²) in [7, 11) is 1.54. The van der Waals surface area contributed by atoms with Crippen LogP contribution in [-0.2, 0) is 22.7 Å². The van der Waals surface area contributed by atoms with Gasteiger partial charge in [0.2, 0.25) is 0 Å². The SMILES string of the molecule is COc1c(C)c(OCC=C(C)C)cc(CO)c1COC(C)=O. The van der Waals surface area contributed by atoms with Gasteiger partial charge in [0.15, 0.2) is 0 Å². The lowest BCUT2D eigenvalue weighted by atomic mass is 10.0. The average molecular weight is 308 g/mol. The van der Waals surface area contributed by atoms with Gasteiger partial charge in [-0.1, -0.05) is 5.57 Å². The third-order valence-corrected chi connectivity index (χ3v) is 3.20. The lowest BCUT2D eigenvalue weighted by Gasteiger charge is -2.18. The van der Waals surface area contributed by atoms with Crippen LogP contribution in [-0.4, -0.2) is 24.8 Å². The number of methoxy groups -OCH3 is 1. The first kappa shape index (κ1) is 18.0. The first-order valence-electron chi connectivity index (χ1n) is 7.10. The smallest absolute Gasteiger partial charge is 0.302 e. The fourth-order valence-corrected chi connectivity index (χ4v) is 2.04. The Kier molecular flexibility index (Phi) is 6.92. The number of hydrogen-bond acceptors (Lipinski definition) is 5. The number of esters is 1. The lowest BCUT2D eigenvalue weighted by molar-refractivity contribution is -0.142. The van der Waals surface area contributed by atoms with Crippen molar-refractivity contribution in [3.63, 3.8) is 0 Å². The Morgan fingerprint density at radius 2 is 2.00 bits per heavy atom. The molecular formula is C17H24O5. The lowest BCUT2D eigenvalue weighted by Crippen LogP contribution is -2.08. The summed E-state index contributed by atoms with van der Waals surface area (Å²) in [4.78, 5) is 11.0. The van der Waals surface area contributed by atoms with E-state index in [1.807, 2.05) is 26.8 Å². The summed E-state index contributed by atoms with van der Waals surface area (Å²) in [5.74, 6) is 0.831. The number of carbonyl (C=O) groups excluding carboxylic acids is 1. The van der Waals surface area contributed by atoms with Crippen molar-refractivity contribution in [2.75, 3.05) is 13.7 Å². The Labute approximate surface area is 131 Å². The van der Waals surface area contributed by atoms with Crippen LogP contribution in [0.25, 0.3) is 0 Å². The van der Waals surface area contributed by atoms with Crippen molar-refractivity contribution in [1.82, 2.24) is 0 Å². The van der Waals surface area contributed by atoms with Gasteiger partial charge >= 0.3 is 5.97 Å². The normalized spacial score (nSPS) is 10.1. The second kappa shape index (κ2) is 8.44. The number of allylic oxidation sites excluding steroid dienone is 1. The van der Waals surface area contributed by atoms with Gasteiger partial charge in [-0.25, -0.2) is 0 Å². The molecule has 0 radical (unpaired) electrons. The summed E-state index contributed by atoms with van der Waals surface area (Å²) >= 11 is 0. The number of benzene rings is 1. The molecule has 0 atom stereocenters. The number of aliphatic hydroxyl groups is 1. The van der Waals surface area contributed by atoms with E-state index in [1.54, 1.807) is 13.2 Å². The van der Waals surface area contributed by atoms with Crippen molar-refractivity contribution in [3.8, 4) is 11.5 Å². The zero-order valence-electron chi connectivity index (χ0n) is 13.9. The highest BCUT2D eigenvalue weighted by Crippen LogP contribution is 2.35. The predicted molar refractivity (Wildman–Crippen MR) is 84.0 cm³/mol. The highest BCUT2D eigenvalue weighted by Gasteiger charge is 2.17. The molecule has 1 N–H and O–H groups in total. The average Bonchev–Trinajstić information content (AvgIpc) is 2.46. The quantitative estimate of drug-likeness (QED) is 0.620. The molecule has 0 unspecified atom stereocenters. The van der Waals surface area contributed by atoms with Crippen molar-refractivity contribution >= 4 is 5.97 Å². The van der Waals surface area contributed by atoms with E-state index in [0.717, 1.165) is 5.56 Å². The third-order valence-electron chi connectivity index (χ3n) is 3.20. The first-order valence-corrected chi connectivity index (χ1v) is 7.10. The maximum Gasteiger partial charge on any atom is 0.302 e. The largest absolute Gasteiger partial charge is 0.496 e. The predicted octanol–water partition coefficient (Wildman–Crippen LogP) is 2.90. The Hall–Kier alpha value is -2.01. The fourth-order valence-electron chi connectivity index (χ4n) is 2.04. The molecule has 1 aromatic rings. The maximum atomic E-state index is 11.0. The molecule has 0 bridgehead atoms. The number of carbonyl (C=O) groups is 1. The molecule has 22 heavy (non-hydrogen) atoms. The van der Waals surface area contributed by atoms with E-state index in [1.165, 1.54) is 12.5 Å². The van der Waals surface area contributed by atoms with Crippen LogP contribution in [0.3, 0.4) is 0 Å². The Morgan fingerprint density at radius 1 is 1.32 bits per heavy atom. The molecule has 0 spiro atoms. The summed E-state index contributed by atoms with van der Waals surface area (Å²) in [6.07, 6.45) is 1.97. The van der Waals surface area contributed by atoms with E-state index in [4.69, 9.17) is 14.2 Å². The zero-order valence-corrected chi connectivity index (χ0v) is 13.9. The van der Waals surface area contributed by atoms with Crippen LogP contribution < -0.4 is 9.47 Å². The molecule has 0 aliphatic rings. The molecule has 0 amide bonds. The molecular weight excluding hydrogens is 284 g/mol. The van der Waals surface area contributed by atoms with Crippen molar-refractivity contribution in [2.45, 2.75) is 40.9 Å². The van der Waals surface area contributed by atoms with Gasteiger partial charge in [0.05, 0.1) is 13.7 Å². The Bertz CT molecular complexity index is 557. The zero-order chi connectivity index (χ0) is 16.7. The molecule has 122 valence electrons. The first-order chi connectivity index (χ1) is 10.4. The van der Waals surface area contributed by atoms with Crippen LogP contribution >= 0.6 is 0 Å². The van der Waals surface area contributed by atoms with Crippen LogP contribution in [0.15, 0.2) is 17.7 Å². The van der Waals surface area contributed by atoms with Gasteiger partial charge < -0.3 is 19.3 Å². The van der Waals surface area contributed by atoms with Crippen LogP contribution in [0.2, 0.25) is 0 Å². The van der Waals surface area contributed by atoms with Crippen molar-refractivity contribution in [2.24, 2.45) is 0 Å². The molecule has 5 nitrogen and oxygen atoms in total. The van der Waals surface area contributed by atoms with Gasteiger partial charge in [0, 0.05) is 18.1 Å². The van der Waals surface area contributed by atoms with Gasteiger partial charge in [0.25, 0.3) is 0 Å². The molecule has 0 saturated carbocycles. The summed E-state index contributed by atoms with van der Waals surface area (Å²) in [6, 6.07) is 1.76. The minimum absolute atomic E-state index is 0.0590. The topological polar surface area (TPSA) is 65.0 Å². The van der Waals surface area contributed by atoms with Crippen LogP contribution in [0, 0.1) is 6.92 Å². The van der Waals surface area contributed by atoms with Crippen molar-refractivity contribution in [3.05, 3.63) is 34.4 Å². The maximum absolute atomic E-state index is 11.0. The summed E-state index contributed by atoms with van der Waals surface area (Å²) in [5, 5.41) is 9.57. The van der Waals surface area contributed by atoms with E-state index in [9.17, 15) is 9.90 Å². The van der Waals surface area contributed by atoms with Gasteiger partial charge in [-0.05, 0) is 38.5 Å². The fraction of sp³-hybridized carbons (Fsp3) is 0.471. The molecule has 0 heterocycles. The number of aliphatic hydroxyl groups excluding tert-OH is 1. The molecule has 0 aromatic heterocycles. The van der Waals surface area contributed by atoms with E-state index < -0.39 is 0 Å². The monoisotopic (exact) mass is 308 g/mol. The summed E-state index contributed by atoms with van der Waals surface area (Å²) in [5.41, 5.74) is 3.26. The van der Waals surface area contributed by atoms with E-state index >= 15 is 0 Å². The van der Waals surface area contributed by atoms with Crippen molar-refractivity contribution < 1.29 is 24.1 Å². The number of ether oxygens (including phenoxy) is 3. The Balaban J connectivity index is 3.16. The van der Waals surface area contributed by atoms with Crippen LogP contribution in [0.4, 0.5) is 0 Å². The third kappa shape index (κ3) is 4.77. The minimum Gasteiger partial charge on any atom is -0.496 e. The molecule has 1 rings (SSSR count). The summed E-state index contributed by atoms with van der Waals surface area (Å²) < 4.78 is 16.2. The van der Waals surface area contributed by atoms with Gasteiger partial charge in [-0.2, -0.15) is 0 Å². The Morgan fingerprint density at radius 3 is 2.50 bits per heavy atom. The van der Waals surface area contributed by atoms with Gasteiger partial charge in [-0.15, -0.1) is 0 Å². The second-order valence-electron chi connectivity index (χ2n) is 5.20. The molecule has 0 aliphatic carbocycles. The molecule has 0 fully saturated rings. The van der Waals surface area contributed by atoms with Gasteiger partial charge in [0.1, 0.15) is 24.7 Å². The highest BCUT2D eigenvalue weighted by atomic mass is 16.5. The molecule has 0 aliphatic heterocycles. The molecule has 1 aromatic carbocycles. The molecule has 5 heteroatoms. The van der Waals surface area contributed by atoms with Crippen LogP contribution in [0.5, 0.6) is 11.5 Å². The summed E-state index contributed by atoms with van der Waals surface area (Å²) in [6.45, 7) is 7.52. The van der Waals surface area contributed by atoms with E-state index in [2.05, 4.69) is 0 Å². The minimum atomic E-state index is -0.382. The highest BCUT2D eigenvalue weighted by molar-refractivity contribution is 5.66. The van der Waals surface area contributed by atoms with E-state index in [-0.39, 0.29) is 19.2 Å². The standard InChI is InChI=1S/C17H24O5/c1-11(2)6-7-21-16-8-14(9-18)15(10-22-13(4)19)17(20-5)12(16)3/h6,8,18H,7,9-10H2,1-5H3. The van der Waals surface area contributed by atoms with Crippen molar-refractivity contribution in [1.29, 1.82) is 0 Å².